The Hall–Kier alpha value is -2.46. The highest BCUT2D eigenvalue weighted by Gasteiger charge is 2.16. The third-order valence-corrected chi connectivity index (χ3v) is 4.25. The van der Waals surface area contributed by atoms with E-state index in [1.807, 2.05) is 24.3 Å². The highest BCUT2D eigenvalue weighted by Crippen LogP contribution is 2.27. The summed E-state index contributed by atoms with van der Waals surface area (Å²) in [7, 11) is 0. The van der Waals surface area contributed by atoms with Gasteiger partial charge in [-0.25, -0.2) is 9.97 Å². The van der Waals surface area contributed by atoms with E-state index in [4.69, 9.17) is 9.97 Å². The van der Waals surface area contributed by atoms with Crippen LogP contribution < -0.4 is 10.2 Å². The van der Waals surface area contributed by atoms with Gasteiger partial charge in [0.25, 0.3) is 0 Å². The smallest absolute Gasteiger partial charge is 0.162 e. The topological polar surface area (TPSA) is 41.1 Å². The summed E-state index contributed by atoms with van der Waals surface area (Å²) in [5.74, 6) is 1.86. The number of rotatable bonds is 2. The summed E-state index contributed by atoms with van der Waals surface area (Å²) in [6, 6.07) is 18.5. The Morgan fingerprint density at radius 2 is 1.65 bits per heavy atom. The van der Waals surface area contributed by atoms with Crippen molar-refractivity contribution in [3.8, 4) is 11.4 Å². The fourth-order valence-corrected chi connectivity index (χ4v) is 3.07. The minimum atomic E-state index is 0.802. The van der Waals surface area contributed by atoms with Gasteiger partial charge in [0.2, 0.25) is 0 Å². The normalized spacial score (nSPS) is 15.6. The maximum Gasteiger partial charge on any atom is 0.162 e. The van der Waals surface area contributed by atoms with Gasteiger partial charge in [-0.2, -0.15) is 0 Å². The summed E-state index contributed by atoms with van der Waals surface area (Å²) in [4.78, 5) is 12.1. The second kappa shape index (κ2) is 6.34. The molecule has 0 aliphatic carbocycles. The molecule has 4 heteroatoms. The first-order valence-electron chi connectivity index (χ1n) is 8.20. The van der Waals surface area contributed by atoms with E-state index in [1.54, 1.807) is 0 Å². The molecule has 1 aromatic heterocycles. The zero-order chi connectivity index (χ0) is 15.5. The molecule has 0 radical (unpaired) electrons. The van der Waals surface area contributed by atoms with Gasteiger partial charge in [0.15, 0.2) is 5.82 Å². The predicted molar refractivity (Wildman–Crippen MR) is 94.7 cm³/mol. The van der Waals surface area contributed by atoms with Crippen LogP contribution in [0.3, 0.4) is 0 Å². The van der Waals surface area contributed by atoms with Crippen molar-refractivity contribution in [2.75, 3.05) is 31.1 Å². The third kappa shape index (κ3) is 2.90. The molecule has 3 aromatic rings. The molecule has 0 bridgehead atoms. The zero-order valence-electron chi connectivity index (χ0n) is 13.1. The Bertz CT molecular complexity index is 793. The first kappa shape index (κ1) is 14.2. The molecule has 23 heavy (non-hydrogen) atoms. The Labute approximate surface area is 136 Å². The van der Waals surface area contributed by atoms with E-state index in [9.17, 15) is 0 Å². The summed E-state index contributed by atoms with van der Waals surface area (Å²) in [5.41, 5.74) is 2.07. The summed E-state index contributed by atoms with van der Waals surface area (Å²) in [6.45, 7) is 4.08. The van der Waals surface area contributed by atoms with E-state index in [-0.39, 0.29) is 0 Å². The molecule has 116 valence electrons. The van der Waals surface area contributed by atoms with Crippen LogP contribution in [-0.2, 0) is 0 Å². The molecular formula is C19H20N4. The van der Waals surface area contributed by atoms with Crippen molar-refractivity contribution >= 4 is 16.7 Å². The van der Waals surface area contributed by atoms with Gasteiger partial charge in [0, 0.05) is 30.6 Å². The van der Waals surface area contributed by atoms with Crippen molar-refractivity contribution in [2.45, 2.75) is 6.42 Å². The summed E-state index contributed by atoms with van der Waals surface area (Å²) < 4.78 is 0. The number of hydrogen-bond acceptors (Lipinski definition) is 4. The van der Waals surface area contributed by atoms with E-state index >= 15 is 0 Å². The first-order chi connectivity index (χ1) is 11.4. The minimum absolute atomic E-state index is 0.802. The van der Waals surface area contributed by atoms with Gasteiger partial charge in [0.05, 0.1) is 5.52 Å². The number of anilines is 1. The van der Waals surface area contributed by atoms with Gasteiger partial charge in [-0.15, -0.1) is 0 Å². The lowest BCUT2D eigenvalue weighted by molar-refractivity contribution is 0.724. The van der Waals surface area contributed by atoms with Gasteiger partial charge in [-0.3, -0.25) is 0 Å². The molecule has 1 N–H and O–H groups in total. The molecule has 1 aliphatic rings. The molecule has 0 atom stereocenters. The largest absolute Gasteiger partial charge is 0.355 e. The number of benzene rings is 2. The van der Waals surface area contributed by atoms with Gasteiger partial charge in [-0.05, 0) is 25.1 Å². The highest BCUT2D eigenvalue weighted by molar-refractivity contribution is 5.91. The van der Waals surface area contributed by atoms with E-state index in [2.05, 4.69) is 40.5 Å². The van der Waals surface area contributed by atoms with E-state index < -0.39 is 0 Å². The van der Waals surface area contributed by atoms with Crippen molar-refractivity contribution in [1.82, 2.24) is 15.3 Å². The van der Waals surface area contributed by atoms with Crippen LogP contribution in [0.4, 0.5) is 5.82 Å². The molecule has 0 spiro atoms. The van der Waals surface area contributed by atoms with Crippen LogP contribution in [0.2, 0.25) is 0 Å². The lowest BCUT2D eigenvalue weighted by Gasteiger charge is -2.23. The van der Waals surface area contributed by atoms with Crippen molar-refractivity contribution in [1.29, 1.82) is 0 Å². The zero-order valence-corrected chi connectivity index (χ0v) is 13.1. The maximum absolute atomic E-state index is 4.92. The van der Waals surface area contributed by atoms with Crippen LogP contribution in [0, 0.1) is 0 Å². The average molecular weight is 304 g/mol. The van der Waals surface area contributed by atoms with Crippen LogP contribution in [0.25, 0.3) is 22.3 Å². The Balaban J connectivity index is 1.87. The second-order valence-electron chi connectivity index (χ2n) is 5.84. The van der Waals surface area contributed by atoms with Crippen LogP contribution in [0.15, 0.2) is 54.6 Å². The van der Waals surface area contributed by atoms with Gasteiger partial charge < -0.3 is 10.2 Å². The lowest BCUT2D eigenvalue weighted by Crippen LogP contribution is -2.29. The number of hydrogen-bond donors (Lipinski definition) is 1. The molecule has 2 heterocycles. The fraction of sp³-hybridized carbons (Fsp3) is 0.263. The molecule has 4 rings (SSSR count). The SMILES string of the molecule is c1ccc(-c2nc(N3CCCNCC3)c3ccccc3n2)cc1. The number of nitrogens with zero attached hydrogens (tertiary/aromatic N) is 3. The first-order valence-corrected chi connectivity index (χ1v) is 8.20. The van der Waals surface area contributed by atoms with Crippen molar-refractivity contribution in [3.63, 3.8) is 0 Å². The second-order valence-corrected chi connectivity index (χ2v) is 5.84. The maximum atomic E-state index is 4.92. The predicted octanol–water partition coefficient (Wildman–Crippen LogP) is 3.10. The summed E-state index contributed by atoms with van der Waals surface area (Å²) in [6.07, 6.45) is 1.14. The minimum Gasteiger partial charge on any atom is -0.355 e. The molecule has 2 aromatic carbocycles. The van der Waals surface area contributed by atoms with Crippen molar-refractivity contribution < 1.29 is 0 Å². The van der Waals surface area contributed by atoms with Crippen molar-refractivity contribution in [2.24, 2.45) is 0 Å². The van der Waals surface area contributed by atoms with Crippen LogP contribution in [-0.4, -0.2) is 36.1 Å². The molecule has 1 saturated heterocycles. The molecule has 0 unspecified atom stereocenters. The number of para-hydroxylation sites is 1. The van der Waals surface area contributed by atoms with Crippen LogP contribution >= 0.6 is 0 Å². The lowest BCUT2D eigenvalue weighted by atomic mass is 10.1. The number of aromatic nitrogens is 2. The molecule has 4 nitrogen and oxygen atoms in total. The fourth-order valence-electron chi connectivity index (χ4n) is 3.07. The molecule has 0 amide bonds. The standard InChI is InChI=1S/C19H20N4/c1-2-7-15(8-3-1)18-21-17-10-5-4-9-16(17)19(22-18)23-13-6-11-20-12-14-23/h1-5,7-10,20H,6,11-14H2. The highest BCUT2D eigenvalue weighted by atomic mass is 15.2. The molecule has 0 saturated carbocycles. The van der Waals surface area contributed by atoms with Crippen LogP contribution in [0.1, 0.15) is 6.42 Å². The van der Waals surface area contributed by atoms with Gasteiger partial charge in [0.1, 0.15) is 5.82 Å². The molecule has 1 aliphatic heterocycles. The number of nitrogens with one attached hydrogen (secondary N) is 1. The quantitative estimate of drug-likeness (QED) is 0.790. The summed E-state index contributed by atoms with van der Waals surface area (Å²) in [5, 5.41) is 4.59. The average Bonchev–Trinajstić information content (AvgIpc) is 2.91. The molecule has 1 fully saturated rings. The Morgan fingerprint density at radius 1 is 0.826 bits per heavy atom. The van der Waals surface area contributed by atoms with E-state index in [0.29, 0.717) is 0 Å². The summed E-state index contributed by atoms with van der Waals surface area (Å²) >= 11 is 0. The third-order valence-electron chi connectivity index (χ3n) is 4.25. The van der Waals surface area contributed by atoms with Gasteiger partial charge >= 0.3 is 0 Å². The monoisotopic (exact) mass is 304 g/mol. The Kier molecular flexibility index (Phi) is 3.90. The Morgan fingerprint density at radius 3 is 2.57 bits per heavy atom. The van der Waals surface area contributed by atoms with Crippen LogP contribution in [0.5, 0.6) is 0 Å². The van der Waals surface area contributed by atoms with E-state index in [0.717, 1.165) is 60.7 Å². The molecular weight excluding hydrogens is 284 g/mol. The van der Waals surface area contributed by atoms with Gasteiger partial charge in [-0.1, -0.05) is 42.5 Å². The van der Waals surface area contributed by atoms with Crippen molar-refractivity contribution in [3.05, 3.63) is 54.6 Å². The number of fused-ring (bicyclic) bond motifs is 1. The van der Waals surface area contributed by atoms with E-state index in [1.165, 1.54) is 0 Å².